The predicted octanol–water partition coefficient (Wildman–Crippen LogP) is 6.63. The molecule has 0 saturated carbocycles. The smallest absolute Gasteiger partial charge is 0.280 e. The summed E-state index contributed by atoms with van der Waals surface area (Å²) in [6.45, 7) is 9.81. The average Bonchev–Trinajstić information content (AvgIpc) is 2.82. The van der Waals surface area contributed by atoms with Gasteiger partial charge in [-0.3, -0.25) is 9.36 Å². The average molecular weight is 527 g/mol. The van der Waals surface area contributed by atoms with Crippen molar-refractivity contribution >= 4 is 23.2 Å². The second kappa shape index (κ2) is 9.99. The molecular formula is C27H25Cl2FN4O2. The molecule has 4 rings (SSSR count). The summed E-state index contributed by atoms with van der Waals surface area (Å²) in [5, 5.41) is 0.168. The largest absolute Gasteiger partial charge is 0.472 e. The summed E-state index contributed by atoms with van der Waals surface area (Å²) < 4.78 is 20.2. The maximum absolute atomic E-state index is 13.3. The molecule has 0 spiro atoms. The molecule has 6 nitrogen and oxygen atoms in total. The second-order valence-electron chi connectivity index (χ2n) is 9.48. The number of hydrogen-bond acceptors (Lipinski definition) is 5. The molecular weight excluding hydrogens is 502 g/mol. The van der Waals surface area contributed by atoms with Crippen LogP contribution in [0.25, 0.3) is 16.9 Å². The number of ether oxygens (including phenoxy) is 1. The van der Waals surface area contributed by atoms with E-state index >= 15 is 0 Å². The zero-order valence-corrected chi connectivity index (χ0v) is 22.1. The quantitative estimate of drug-likeness (QED) is 0.292. The van der Waals surface area contributed by atoms with Crippen LogP contribution in [0.3, 0.4) is 0 Å². The topological polar surface area (TPSA) is 69.9 Å². The fourth-order valence-corrected chi connectivity index (χ4v) is 4.00. The maximum Gasteiger partial charge on any atom is 0.280 e. The highest BCUT2D eigenvalue weighted by Crippen LogP contribution is 2.31. The molecule has 36 heavy (non-hydrogen) atoms. The molecule has 0 aliphatic rings. The Labute approximate surface area is 218 Å². The normalized spacial score (nSPS) is 11.6. The summed E-state index contributed by atoms with van der Waals surface area (Å²) in [5.74, 6) is 0.695. The number of aryl methyl sites for hydroxylation is 2. The molecule has 9 heteroatoms. The molecule has 0 N–H and O–H groups in total. The lowest BCUT2D eigenvalue weighted by Crippen LogP contribution is -2.24. The monoisotopic (exact) mass is 526 g/mol. The summed E-state index contributed by atoms with van der Waals surface area (Å²) in [7, 11) is 0. The SMILES string of the molecule is Cc1cnc(C(C)(C)C)nc1-c1ccc(Cl)c(-n2c(C)nc(OCc3ccc(F)cc3)c(Cl)c2=O)c1. The van der Waals surface area contributed by atoms with Gasteiger partial charge in [0.1, 0.15) is 24.1 Å². The molecule has 0 fully saturated rings. The molecule has 186 valence electrons. The Morgan fingerprint density at radius 1 is 1.03 bits per heavy atom. The first-order valence-corrected chi connectivity index (χ1v) is 12.0. The van der Waals surface area contributed by atoms with Crippen molar-refractivity contribution in [2.45, 2.75) is 46.6 Å². The predicted molar refractivity (Wildman–Crippen MR) is 140 cm³/mol. The van der Waals surface area contributed by atoms with Gasteiger partial charge < -0.3 is 4.74 Å². The van der Waals surface area contributed by atoms with Gasteiger partial charge in [-0.25, -0.2) is 14.4 Å². The lowest BCUT2D eigenvalue weighted by Gasteiger charge is -2.19. The zero-order valence-electron chi connectivity index (χ0n) is 20.6. The first-order chi connectivity index (χ1) is 17.0. The minimum Gasteiger partial charge on any atom is -0.472 e. The van der Waals surface area contributed by atoms with Gasteiger partial charge in [0, 0.05) is 17.2 Å². The van der Waals surface area contributed by atoms with Gasteiger partial charge in [-0.2, -0.15) is 4.98 Å². The Morgan fingerprint density at radius 2 is 1.72 bits per heavy atom. The first kappa shape index (κ1) is 25.8. The summed E-state index contributed by atoms with van der Waals surface area (Å²) >= 11 is 12.9. The molecule has 2 aromatic heterocycles. The van der Waals surface area contributed by atoms with Crippen LogP contribution in [0, 0.1) is 19.7 Å². The molecule has 2 aromatic carbocycles. The van der Waals surface area contributed by atoms with Gasteiger partial charge in [0.05, 0.1) is 16.4 Å². The van der Waals surface area contributed by atoms with Crippen LogP contribution in [-0.4, -0.2) is 19.5 Å². The van der Waals surface area contributed by atoms with Gasteiger partial charge in [-0.1, -0.05) is 62.2 Å². The van der Waals surface area contributed by atoms with Crippen LogP contribution < -0.4 is 10.3 Å². The van der Waals surface area contributed by atoms with Crippen molar-refractivity contribution in [3.05, 3.63) is 97.7 Å². The van der Waals surface area contributed by atoms with Gasteiger partial charge in [-0.05, 0) is 49.2 Å². The number of halogens is 3. The Balaban J connectivity index is 1.75. The van der Waals surface area contributed by atoms with E-state index in [2.05, 4.69) is 9.97 Å². The van der Waals surface area contributed by atoms with Gasteiger partial charge in [0.25, 0.3) is 5.56 Å². The Morgan fingerprint density at radius 3 is 2.39 bits per heavy atom. The molecule has 0 saturated heterocycles. The molecule has 0 aliphatic heterocycles. The van der Waals surface area contributed by atoms with Crippen molar-refractivity contribution in [1.29, 1.82) is 0 Å². The van der Waals surface area contributed by atoms with Crippen molar-refractivity contribution < 1.29 is 9.13 Å². The number of benzene rings is 2. The summed E-state index contributed by atoms with van der Waals surface area (Å²) in [4.78, 5) is 27.0. The van der Waals surface area contributed by atoms with Gasteiger partial charge >= 0.3 is 0 Å². The van der Waals surface area contributed by atoms with Crippen LogP contribution in [0.1, 0.15) is 43.5 Å². The lowest BCUT2D eigenvalue weighted by atomic mass is 9.95. The molecule has 0 unspecified atom stereocenters. The van der Waals surface area contributed by atoms with Crippen LogP contribution in [0.2, 0.25) is 10.0 Å². The van der Waals surface area contributed by atoms with Crippen LogP contribution in [0.5, 0.6) is 5.88 Å². The highest BCUT2D eigenvalue weighted by molar-refractivity contribution is 6.33. The van der Waals surface area contributed by atoms with Crippen LogP contribution in [0.4, 0.5) is 4.39 Å². The van der Waals surface area contributed by atoms with E-state index in [1.807, 2.05) is 33.8 Å². The van der Waals surface area contributed by atoms with E-state index in [1.54, 1.807) is 37.4 Å². The van der Waals surface area contributed by atoms with Gasteiger partial charge in [0.15, 0.2) is 5.02 Å². The molecule has 0 aliphatic carbocycles. The maximum atomic E-state index is 13.3. The number of hydrogen-bond donors (Lipinski definition) is 0. The van der Waals surface area contributed by atoms with Gasteiger partial charge in [-0.15, -0.1) is 0 Å². The Kier molecular flexibility index (Phi) is 7.16. The van der Waals surface area contributed by atoms with E-state index in [0.29, 0.717) is 27.9 Å². The molecule has 2 heterocycles. The van der Waals surface area contributed by atoms with Crippen molar-refractivity contribution in [2.24, 2.45) is 0 Å². The minimum absolute atomic E-state index is 0.00603. The third-order valence-electron chi connectivity index (χ3n) is 5.56. The van der Waals surface area contributed by atoms with E-state index in [1.165, 1.54) is 16.7 Å². The number of rotatable bonds is 5. The number of aromatic nitrogens is 4. The minimum atomic E-state index is -0.521. The lowest BCUT2D eigenvalue weighted by molar-refractivity contribution is 0.291. The Bertz CT molecular complexity index is 1500. The zero-order chi connectivity index (χ0) is 26.2. The molecule has 0 atom stereocenters. The van der Waals surface area contributed by atoms with E-state index in [4.69, 9.17) is 32.9 Å². The van der Waals surface area contributed by atoms with Crippen LogP contribution in [0.15, 0.2) is 53.5 Å². The van der Waals surface area contributed by atoms with Crippen molar-refractivity contribution in [3.63, 3.8) is 0 Å². The number of nitrogens with zero attached hydrogens (tertiary/aromatic N) is 4. The standard InChI is InChI=1S/C27H25Cl2FN4O2/c1-15-13-31-26(27(3,4)5)33-23(15)18-8-11-20(28)21(12-18)34-16(2)32-24(22(29)25(34)35)36-14-17-6-9-19(30)10-7-17/h6-13H,14H2,1-5H3. The molecule has 4 aromatic rings. The summed E-state index contributed by atoms with van der Waals surface area (Å²) in [5.41, 5.74) is 2.80. The van der Waals surface area contributed by atoms with Gasteiger partial charge in [0.2, 0.25) is 5.88 Å². The summed E-state index contributed by atoms with van der Waals surface area (Å²) in [6.07, 6.45) is 1.79. The van der Waals surface area contributed by atoms with E-state index in [0.717, 1.165) is 16.8 Å². The highest BCUT2D eigenvalue weighted by atomic mass is 35.5. The first-order valence-electron chi connectivity index (χ1n) is 11.3. The summed E-state index contributed by atoms with van der Waals surface area (Å²) in [6, 6.07) is 11.2. The fraction of sp³-hybridized carbons (Fsp3) is 0.259. The van der Waals surface area contributed by atoms with E-state index in [-0.39, 0.29) is 28.7 Å². The van der Waals surface area contributed by atoms with Crippen LogP contribution in [-0.2, 0) is 12.0 Å². The van der Waals surface area contributed by atoms with Crippen molar-refractivity contribution in [2.75, 3.05) is 0 Å². The fourth-order valence-electron chi connectivity index (χ4n) is 3.62. The van der Waals surface area contributed by atoms with Crippen LogP contribution >= 0.6 is 23.2 Å². The second-order valence-corrected chi connectivity index (χ2v) is 10.3. The highest BCUT2D eigenvalue weighted by Gasteiger charge is 2.21. The van der Waals surface area contributed by atoms with E-state index < -0.39 is 5.56 Å². The molecule has 0 amide bonds. The third-order valence-corrected chi connectivity index (χ3v) is 6.20. The molecule has 0 bridgehead atoms. The third kappa shape index (κ3) is 5.27. The van der Waals surface area contributed by atoms with Crippen molar-refractivity contribution in [1.82, 2.24) is 19.5 Å². The molecule has 0 radical (unpaired) electrons. The van der Waals surface area contributed by atoms with Crippen molar-refractivity contribution in [3.8, 4) is 22.8 Å². The Hall–Kier alpha value is -3.29. The van der Waals surface area contributed by atoms with E-state index in [9.17, 15) is 9.18 Å².